The maximum Gasteiger partial charge on any atom is 0.412 e. The molecule has 3 aromatic carbocycles. The molecule has 220 valence electrons. The molecule has 0 aromatic heterocycles. The molecular weight excluding hydrogens is 582 g/mol. The lowest BCUT2D eigenvalue weighted by atomic mass is 10.0. The van der Waals surface area contributed by atoms with Crippen LogP contribution in [0.5, 0.6) is 5.75 Å². The van der Waals surface area contributed by atoms with Crippen molar-refractivity contribution < 1.29 is 44.4 Å². The second-order valence-electron chi connectivity index (χ2n) is 10.4. The van der Waals surface area contributed by atoms with Crippen LogP contribution in [0.1, 0.15) is 33.3 Å². The Morgan fingerprint density at radius 2 is 1.63 bits per heavy atom. The molecule has 1 aliphatic heterocycles. The molecular formula is C27H28F2N2O8S2. The van der Waals surface area contributed by atoms with Crippen molar-refractivity contribution in [3.8, 4) is 5.75 Å². The van der Waals surface area contributed by atoms with Gasteiger partial charge in [-0.25, -0.2) is 22.0 Å². The molecule has 0 saturated carbocycles. The summed E-state index contributed by atoms with van der Waals surface area (Å²) in [5.74, 6) is -1.37. The summed E-state index contributed by atoms with van der Waals surface area (Å²) >= 11 is 0. The van der Waals surface area contributed by atoms with Gasteiger partial charge >= 0.3 is 6.09 Å². The van der Waals surface area contributed by atoms with E-state index in [4.69, 9.17) is 9.47 Å². The number of amides is 1. The van der Waals surface area contributed by atoms with Gasteiger partial charge in [-0.3, -0.25) is 14.2 Å². The van der Waals surface area contributed by atoms with Crippen LogP contribution in [0, 0.1) is 11.6 Å². The molecule has 4 rings (SSSR count). The minimum atomic E-state index is -4.74. The fourth-order valence-corrected chi connectivity index (χ4v) is 6.77. The highest BCUT2D eigenvalue weighted by atomic mass is 32.2. The monoisotopic (exact) mass is 610 g/mol. The van der Waals surface area contributed by atoms with E-state index < -0.39 is 60.5 Å². The van der Waals surface area contributed by atoms with Gasteiger partial charge in [-0.05, 0) is 93.9 Å². The van der Waals surface area contributed by atoms with Crippen LogP contribution in [-0.2, 0) is 31.3 Å². The second kappa shape index (κ2) is 10.9. The quantitative estimate of drug-likeness (QED) is 0.366. The van der Waals surface area contributed by atoms with E-state index in [0.29, 0.717) is 0 Å². The van der Waals surface area contributed by atoms with Crippen LogP contribution >= 0.6 is 0 Å². The van der Waals surface area contributed by atoms with Gasteiger partial charge in [-0.1, -0.05) is 0 Å². The number of nitrogens with one attached hydrogen (secondary N) is 1. The lowest BCUT2D eigenvalue weighted by molar-refractivity contribution is 0.0635. The highest BCUT2D eigenvalue weighted by molar-refractivity contribution is 7.92. The Kier molecular flexibility index (Phi) is 8.04. The zero-order valence-corrected chi connectivity index (χ0v) is 24.1. The van der Waals surface area contributed by atoms with Gasteiger partial charge in [0.25, 0.3) is 20.1 Å². The van der Waals surface area contributed by atoms with Crippen LogP contribution in [0.2, 0.25) is 0 Å². The summed E-state index contributed by atoms with van der Waals surface area (Å²) in [7, 11) is -9.13. The molecule has 0 unspecified atom stereocenters. The first-order valence-electron chi connectivity index (χ1n) is 12.3. The molecule has 1 aliphatic rings. The van der Waals surface area contributed by atoms with Gasteiger partial charge in [0.15, 0.2) is 0 Å². The molecule has 14 heteroatoms. The van der Waals surface area contributed by atoms with Gasteiger partial charge in [0.05, 0.1) is 21.5 Å². The van der Waals surface area contributed by atoms with Gasteiger partial charge in [0, 0.05) is 12.1 Å². The Morgan fingerprint density at radius 3 is 2.24 bits per heavy atom. The molecule has 0 aliphatic carbocycles. The van der Waals surface area contributed by atoms with Crippen molar-refractivity contribution in [3.05, 3.63) is 77.9 Å². The largest absolute Gasteiger partial charge is 0.486 e. The normalized spacial score (nSPS) is 17.4. The number of benzene rings is 3. The van der Waals surface area contributed by atoms with Crippen molar-refractivity contribution in [1.29, 1.82) is 0 Å². The van der Waals surface area contributed by atoms with Gasteiger partial charge in [0.2, 0.25) is 0 Å². The minimum absolute atomic E-state index is 0.0286. The third-order valence-electron chi connectivity index (χ3n) is 6.12. The van der Waals surface area contributed by atoms with Crippen LogP contribution < -0.4 is 14.4 Å². The highest BCUT2D eigenvalue weighted by Gasteiger charge is 2.41. The van der Waals surface area contributed by atoms with E-state index in [1.165, 1.54) is 25.1 Å². The van der Waals surface area contributed by atoms with Gasteiger partial charge in [-0.15, -0.1) is 0 Å². The van der Waals surface area contributed by atoms with Gasteiger partial charge < -0.3 is 9.47 Å². The standard InChI is InChI=1S/C27H28F2N2O8S2/c1-16-24(14-17-13-19(29)7-12-25(17)41(35,36)37)38-23-11-8-20(30-26(32)39-27(2,3)4)15-22(23)31(16)40(33,34)21-9-5-18(28)6-10-21/h5-13,15-16,24H,14H2,1-4H3,(H,30,32)(H,35,36,37)/t16-,24+/m0/s1. The summed E-state index contributed by atoms with van der Waals surface area (Å²) in [6.07, 6.45) is -2.15. The molecule has 2 N–H and O–H groups in total. The molecule has 0 saturated heterocycles. The average molecular weight is 611 g/mol. The number of sulfonamides is 1. The first-order valence-corrected chi connectivity index (χ1v) is 15.2. The molecule has 0 radical (unpaired) electrons. The van der Waals surface area contributed by atoms with Crippen LogP contribution in [0.3, 0.4) is 0 Å². The van der Waals surface area contributed by atoms with Crippen LogP contribution in [0.4, 0.5) is 25.0 Å². The molecule has 2 atom stereocenters. The number of hydrogen-bond acceptors (Lipinski definition) is 7. The van der Waals surface area contributed by atoms with E-state index in [9.17, 15) is 35.0 Å². The smallest absolute Gasteiger partial charge is 0.412 e. The minimum Gasteiger partial charge on any atom is -0.486 e. The molecule has 41 heavy (non-hydrogen) atoms. The van der Waals surface area contributed by atoms with Crippen LogP contribution in [-0.4, -0.2) is 45.2 Å². The number of nitrogens with zero attached hydrogens (tertiary/aromatic N) is 1. The van der Waals surface area contributed by atoms with Gasteiger partial charge in [-0.2, -0.15) is 8.42 Å². The Morgan fingerprint density at radius 1 is 1.00 bits per heavy atom. The number of hydrogen-bond donors (Lipinski definition) is 2. The first kappa shape index (κ1) is 30.2. The third kappa shape index (κ3) is 6.77. The molecule has 3 aromatic rings. The summed E-state index contributed by atoms with van der Waals surface area (Å²) in [6.45, 7) is 6.53. The lowest BCUT2D eigenvalue weighted by Crippen LogP contribution is -2.51. The van der Waals surface area contributed by atoms with E-state index >= 15 is 0 Å². The summed E-state index contributed by atoms with van der Waals surface area (Å²) < 4.78 is 101. The predicted octanol–water partition coefficient (Wildman–Crippen LogP) is 5.15. The zero-order valence-electron chi connectivity index (χ0n) is 22.5. The van der Waals surface area contributed by atoms with Crippen molar-refractivity contribution in [1.82, 2.24) is 0 Å². The number of halogens is 2. The van der Waals surface area contributed by atoms with E-state index in [1.54, 1.807) is 20.8 Å². The van der Waals surface area contributed by atoms with Crippen LogP contribution in [0.15, 0.2) is 70.5 Å². The maximum atomic E-state index is 14.1. The van der Waals surface area contributed by atoms with E-state index in [0.717, 1.165) is 46.8 Å². The molecule has 1 heterocycles. The second-order valence-corrected chi connectivity index (χ2v) is 13.6. The number of fused-ring (bicyclic) bond motifs is 1. The van der Waals surface area contributed by atoms with E-state index in [2.05, 4.69) is 5.32 Å². The fourth-order valence-electron chi connectivity index (χ4n) is 4.38. The average Bonchev–Trinajstić information content (AvgIpc) is 2.83. The Balaban J connectivity index is 1.80. The predicted molar refractivity (Wildman–Crippen MR) is 146 cm³/mol. The van der Waals surface area contributed by atoms with Gasteiger partial charge in [0.1, 0.15) is 29.1 Å². The highest BCUT2D eigenvalue weighted by Crippen LogP contribution is 2.42. The van der Waals surface area contributed by atoms with E-state index in [-0.39, 0.29) is 34.0 Å². The number of rotatable bonds is 6. The Hall–Kier alpha value is -3.75. The third-order valence-corrected chi connectivity index (χ3v) is 8.99. The zero-order chi connectivity index (χ0) is 30.3. The summed E-state index contributed by atoms with van der Waals surface area (Å²) in [5, 5.41) is 2.54. The summed E-state index contributed by atoms with van der Waals surface area (Å²) in [4.78, 5) is 11.6. The van der Waals surface area contributed by atoms with E-state index in [1.807, 2.05) is 0 Å². The van der Waals surface area contributed by atoms with Crippen molar-refractivity contribution >= 4 is 37.6 Å². The fraction of sp³-hybridized carbons (Fsp3) is 0.296. The maximum absolute atomic E-state index is 14.1. The molecule has 0 bridgehead atoms. The van der Waals surface area contributed by atoms with Crippen molar-refractivity contribution in [2.24, 2.45) is 0 Å². The molecule has 10 nitrogen and oxygen atoms in total. The molecule has 0 spiro atoms. The Bertz CT molecular complexity index is 1690. The van der Waals surface area contributed by atoms with Crippen molar-refractivity contribution in [3.63, 3.8) is 0 Å². The lowest BCUT2D eigenvalue weighted by Gasteiger charge is -2.41. The SMILES string of the molecule is C[C@H]1[C@@H](Cc2cc(F)ccc2S(=O)(=O)O)Oc2ccc(NC(=O)OC(C)(C)C)cc2N1S(=O)(=O)c1ccc(F)cc1. The summed E-state index contributed by atoms with van der Waals surface area (Å²) in [6, 6.07) is 10.0. The topological polar surface area (TPSA) is 139 Å². The van der Waals surface area contributed by atoms with Crippen LogP contribution in [0.25, 0.3) is 0 Å². The van der Waals surface area contributed by atoms with Crippen molar-refractivity contribution in [2.45, 2.75) is 61.7 Å². The molecule has 0 fully saturated rings. The Labute approximate surface area is 236 Å². The number of anilines is 2. The van der Waals surface area contributed by atoms with Crippen molar-refractivity contribution in [2.75, 3.05) is 9.62 Å². The first-order chi connectivity index (χ1) is 19.0. The number of carbonyl (C=O) groups excluding carboxylic acids is 1. The number of carbonyl (C=O) groups is 1. The summed E-state index contributed by atoms with van der Waals surface area (Å²) in [5.41, 5.74) is -0.708. The number of ether oxygens (including phenoxy) is 2. The molecule has 1 amide bonds.